The lowest BCUT2D eigenvalue weighted by molar-refractivity contribution is 0.290. The van der Waals surface area contributed by atoms with E-state index in [1.807, 2.05) is 33.3 Å². The highest BCUT2D eigenvalue weighted by molar-refractivity contribution is 5.72. The molecule has 114 valence electrons. The van der Waals surface area contributed by atoms with Gasteiger partial charge >= 0.3 is 0 Å². The van der Waals surface area contributed by atoms with Crippen LogP contribution in [0.1, 0.15) is 34.7 Å². The number of aliphatic imine (C=N–C) groups is 1. The molecule has 3 rings (SSSR count). The molecule has 2 nitrogen and oxygen atoms in total. The van der Waals surface area contributed by atoms with Gasteiger partial charge in [-0.2, -0.15) is 0 Å². The van der Waals surface area contributed by atoms with E-state index in [0.29, 0.717) is 5.56 Å². The van der Waals surface area contributed by atoms with E-state index in [-0.39, 0.29) is 11.4 Å². The van der Waals surface area contributed by atoms with Crippen LogP contribution in [0.25, 0.3) is 0 Å². The molecule has 22 heavy (non-hydrogen) atoms. The number of halogens is 1. The summed E-state index contributed by atoms with van der Waals surface area (Å²) in [6.07, 6.45) is 1.86. The Balaban J connectivity index is 2.29. The fraction of sp³-hybridized carbons (Fsp3) is 0.316. The van der Waals surface area contributed by atoms with Gasteiger partial charge in [-0.25, -0.2) is 9.38 Å². The predicted octanol–water partition coefficient (Wildman–Crippen LogP) is 4.62. The summed E-state index contributed by atoms with van der Waals surface area (Å²) in [4.78, 5) is 6.65. The van der Waals surface area contributed by atoms with Gasteiger partial charge in [0.2, 0.25) is 0 Å². The quantitative estimate of drug-likeness (QED) is 0.749. The Morgan fingerprint density at radius 3 is 2.45 bits per heavy atom. The van der Waals surface area contributed by atoms with Gasteiger partial charge in [0.25, 0.3) is 0 Å². The van der Waals surface area contributed by atoms with Gasteiger partial charge in [0.15, 0.2) is 0 Å². The van der Waals surface area contributed by atoms with Gasteiger partial charge in [-0.3, -0.25) is 0 Å². The molecule has 0 N–H and O–H groups in total. The second-order valence-corrected chi connectivity index (χ2v) is 6.36. The van der Waals surface area contributed by atoms with Crippen LogP contribution in [0.4, 0.5) is 10.1 Å². The molecule has 0 radical (unpaired) electrons. The van der Waals surface area contributed by atoms with E-state index >= 15 is 0 Å². The molecular weight excluding hydrogens is 275 g/mol. The Labute approximate surface area is 131 Å². The Hall–Kier alpha value is -2.16. The average molecular weight is 296 g/mol. The molecule has 1 unspecified atom stereocenters. The summed E-state index contributed by atoms with van der Waals surface area (Å²) in [5.74, 6) is -0.152. The number of rotatable bonds is 1. The number of aryl methyl sites for hydroxylation is 3. The molecule has 0 saturated carbocycles. The maximum atomic E-state index is 13.9. The zero-order valence-corrected chi connectivity index (χ0v) is 13.7. The van der Waals surface area contributed by atoms with Crippen LogP contribution in [-0.2, 0) is 5.54 Å². The molecule has 0 fully saturated rings. The summed E-state index contributed by atoms with van der Waals surface area (Å²) in [6.45, 7) is 8.02. The normalized spacial score (nSPS) is 20.2. The molecule has 1 aliphatic heterocycles. The van der Waals surface area contributed by atoms with Gasteiger partial charge in [0.05, 0.1) is 17.6 Å². The van der Waals surface area contributed by atoms with Gasteiger partial charge in [-0.15, -0.1) is 0 Å². The predicted molar refractivity (Wildman–Crippen MR) is 89.4 cm³/mol. The molecule has 0 saturated heterocycles. The van der Waals surface area contributed by atoms with Crippen LogP contribution in [0, 0.1) is 26.6 Å². The van der Waals surface area contributed by atoms with Crippen LogP contribution in [0.3, 0.4) is 0 Å². The van der Waals surface area contributed by atoms with Crippen molar-refractivity contribution < 1.29 is 4.39 Å². The highest BCUT2D eigenvalue weighted by atomic mass is 19.1. The molecule has 1 heterocycles. The summed E-state index contributed by atoms with van der Waals surface area (Å²) in [7, 11) is 2.02. The fourth-order valence-corrected chi connectivity index (χ4v) is 3.25. The third kappa shape index (κ3) is 2.04. The van der Waals surface area contributed by atoms with Crippen LogP contribution in [0.2, 0.25) is 0 Å². The van der Waals surface area contributed by atoms with Gasteiger partial charge in [-0.05, 0) is 62.1 Å². The molecule has 1 aliphatic rings. The zero-order chi connectivity index (χ0) is 16.1. The lowest BCUT2D eigenvalue weighted by atomic mass is 9.79. The SMILES string of the molecule is Cc1ccc2c(c1)N=CN(C)C2(C)c1cc(C)c(F)cc1C. The van der Waals surface area contributed by atoms with Crippen molar-refractivity contribution in [1.82, 2.24) is 4.90 Å². The molecule has 3 heteroatoms. The van der Waals surface area contributed by atoms with E-state index < -0.39 is 0 Å². The standard InChI is InChI=1S/C19H21FN2/c1-12-6-7-15-18(8-12)21-11-22(5)19(15,4)16-9-14(3)17(20)10-13(16)2/h6-11H,1-5H3. The van der Waals surface area contributed by atoms with Crippen molar-refractivity contribution in [3.05, 3.63) is 64.0 Å². The van der Waals surface area contributed by atoms with Gasteiger partial charge in [0, 0.05) is 12.6 Å². The third-order valence-electron chi connectivity index (χ3n) is 4.78. The molecule has 0 spiro atoms. The summed E-state index contributed by atoms with van der Waals surface area (Å²) in [5, 5.41) is 0. The van der Waals surface area contributed by atoms with E-state index in [1.54, 1.807) is 6.07 Å². The molecule has 0 bridgehead atoms. The highest BCUT2D eigenvalue weighted by Gasteiger charge is 2.38. The topological polar surface area (TPSA) is 15.6 Å². The number of fused-ring (bicyclic) bond motifs is 1. The van der Waals surface area contributed by atoms with Crippen LogP contribution in [0.5, 0.6) is 0 Å². The van der Waals surface area contributed by atoms with Crippen molar-refractivity contribution in [2.75, 3.05) is 7.05 Å². The molecule has 0 amide bonds. The number of hydrogen-bond acceptors (Lipinski definition) is 2. The van der Waals surface area contributed by atoms with Crippen molar-refractivity contribution in [1.29, 1.82) is 0 Å². The van der Waals surface area contributed by atoms with Gasteiger partial charge < -0.3 is 4.90 Å². The number of benzene rings is 2. The van der Waals surface area contributed by atoms with Crippen LogP contribution in [-0.4, -0.2) is 18.3 Å². The van der Waals surface area contributed by atoms with Crippen LogP contribution < -0.4 is 0 Å². The van der Waals surface area contributed by atoms with Crippen molar-refractivity contribution in [3.8, 4) is 0 Å². The van der Waals surface area contributed by atoms with Gasteiger partial charge in [0.1, 0.15) is 5.82 Å². The van der Waals surface area contributed by atoms with Crippen molar-refractivity contribution in [3.63, 3.8) is 0 Å². The first-order valence-corrected chi connectivity index (χ1v) is 7.49. The molecular formula is C19H21FN2. The van der Waals surface area contributed by atoms with E-state index in [9.17, 15) is 4.39 Å². The first kappa shape index (κ1) is 14.8. The zero-order valence-electron chi connectivity index (χ0n) is 13.7. The van der Waals surface area contributed by atoms with E-state index in [1.165, 1.54) is 5.56 Å². The fourth-order valence-electron chi connectivity index (χ4n) is 3.25. The highest BCUT2D eigenvalue weighted by Crippen LogP contribution is 2.43. The first-order valence-electron chi connectivity index (χ1n) is 7.49. The number of nitrogens with zero attached hydrogens (tertiary/aromatic N) is 2. The smallest absolute Gasteiger partial charge is 0.126 e. The maximum absolute atomic E-state index is 13.9. The monoisotopic (exact) mass is 296 g/mol. The van der Waals surface area contributed by atoms with E-state index in [4.69, 9.17) is 0 Å². The van der Waals surface area contributed by atoms with E-state index in [0.717, 1.165) is 22.4 Å². The lowest BCUT2D eigenvalue weighted by Gasteiger charge is -2.43. The third-order valence-corrected chi connectivity index (χ3v) is 4.78. The van der Waals surface area contributed by atoms with Crippen LogP contribution >= 0.6 is 0 Å². The Bertz CT molecular complexity index is 779. The van der Waals surface area contributed by atoms with Crippen LogP contribution in [0.15, 0.2) is 35.3 Å². The van der Waals surface area contributed by atoms with Crippen molar-refractivity contribution in [2.24, 2.45) is 4.99 Å². The summed E-state index contributed by atoms with van der Waals surface area (Å²) < 4.78 is 13.9. The number of hydrogen-bond donors (Lipinski definition) is 0. The summed E-state index contributed by atoms with van der Waals surface area (Å²) in [5.41, 5.74) is 5.72. The second kappa shape index (κ2) is 4.94. The summed E-state index contributed by atoms with van der Waals surface area (Å²) >= 11 is 0. The minimum atomic E-state index is -0.354. The Kier molecular flexibility index (Phi) is 3.32. The largest absolute Gasteiger partial charge is 0.352 e. The minimum Gasteiger partial charge on any atom is -0.352 e. The lowest BCUT2D eigenvalue weighted by Crippen LogP contribution is -2.43. The molecule has 0 aromatic heterocycles. The molecule has 2 aromatic rings. The second-order valence-electron chi connectivity index (χ2n) is 6.36. The molecule has 2 aromatic carbocycles. The molecule has 0 aliphatic carbocycles. The van der Waals surface area contributed by atoms with E-state index in [2.05, 4.69) is 41.9 Å². The van der Waals surface area contributed by atoms with Crippen molar-refractivity contribution >= 4 is 12.0 Å². The van der Waals surface area contributed by atoms with Crippen molar-refractivity contribution in [2.45, 2.75) is 33.2 Å². The minimum absolute atomic E-state index is 0.152. The van der Waals surface area contributed by atoms with Gasteiger partial charge in [-0.1, -0.05) is 18.2 Å². The Morgan fingerprint density at radius 1 is 1.00 bits per heavy atom. The maximum Gasteiger partial charge on any atom is 0.126 e. The summed E-state index contributed by atoms with van der Waals surface area (Å²) in [6, 6.07) is 9.93. The first-order chi connectivity index (χ1) is 10.3. The Morgan fingerprint density at radius 2 is 1.73 bits per heavy atom. The average Bonchev–Trinajstić information content (AvgIpc) is 2.47. The molecule has 1 atom stereocenters.